The zero-order chi connectivity index (χ0) is 11.2. The zero-order valence-electron chi connectivity index (χ0n) is 7.87. The fourth-order valence-electron chi connectivity index (χ4n) is 1.54. The third-order valence-corrected chi connectivity index (χ3v) is 2.84. The molecule has 0 spiro atoms. The molecule has 1 aliphatic rings. The van der Waals surface area contributed by atoms with Gasteiger partial charge in [0.15, 0.2) is 5.78 Å². The van der Waals surface area contributed by atoms with Gasteiger partial charge in [-0.25, -0.2) is 0 Å². The monoisotopic (exact) mass is 222 g/mol. The lowest BCUT2D eigenvalue weighted by Gasteiger charge is -2.15. The highest BCUT2D eigenvalue weighted by Gasteiger charge is 2.30. The molecule has 0 saturated carbocycles. The molecule has 0 atom stereocenters. The second-order valence-electron chi connectivity index (χ2n) is 3.30. The van der Waals surface area contributed by atoms with Gasteiger partial charge in [0.1, 0.15) is 5.75 Å². The summed E-state index contributed by atoms with van der Waals surface area (Å²) < 4.78 is 0. The molecule has 1 aliphatic carbocycles. The van der Waals surface area contributed by atoms with Crippen molar-refractivity contribution in [3.63, 3.8) is 0 Å². The van der Waals surface area contributed by atoms with Crippen LogP contribution in [0, 0.1) is 0 Å². The average molecular weight is 223 g/mol. The first-order valence-corrected chi connectivity index (χ1v) is 4.69. The smallest absolute Gasteiger partial charge is 0.205 e. The van der Waals surface area contributed by atoms with Crippen LogP contribution in [0.25, 0.3) is 0 Å². The van der Waals surface area contributed by atoms with Crippen LogP contribution in [0.15, 0.2) is 28.8 Å². The third-order valence-electron chi connectivity index (χ3n) is 2.38. The molecule has 0 heterocycles. The van der Waals surface area contributed by atoms with Gasteiger partial charge in [0.05, 0.1) is 10.6 Å². The number of rotatable bonds is 0. The number of ketones is 2. The molecular formula is C11H7ClO3. The number of benzene rings is 1. The molecule has 3 nitrogen and oxygen atoms in total. The summed E-state index contributed by atoms with van der Waals surface area (Å²) in [4.78, 5) is 23.4. The second kappa shape index (κ2) is 3.21. The Labute approximate surface area is 91.0 Å². The summed E-state index contributed by atoms with van der Waals surface area (Å²) in [6, 6.07) is 4.35. The number of carbonyl (C=O) groups is 2. The van der Waals surface area contributed by atoms with Gasteiger partial charge >= 0.3 is 0 Å². The molecule has 1 N–H and O–H groups in total. The Morgan fingerprint density at radius 1 is 1.20 bits per heavy atom. The number of allylic oxidation sites excluding steroid dienone is 2. The van der Waals surface area contributed by atoms with Crippen LogP contribution in [0.5, 0.6) is 5.75 Å². The molecule has 1 aromatic carbocycles. The quantitative estimate of drug-likeness (QED) is 0.733. The highest BCUT2D eigenvalue weighted by molar-refractivity contribution is 6.50. The summed E-state index contributed by atoms with van der Waals surface area (Å²) in [5.74, 6) is -0.998. The minimum absolute atomic E-state index is 0.0457. The van der Waals surface area contributed by atoms with Crippen LogP contribution >= 0.6 is 11.6 Å². The number of halogens is 1. The van der Waals surface area contributed by atoms with Crippen molar-refractivity contribution >= 4 is 23.2 Å². The van der Waals surface area contributed by atoms with Crippen LogP contribution < -0.4 is 0 Å². The first-order chi connectivity index (χ1) is 7.04. The van der Waals surface area contributed by atoms with Crippen LogP contribution in [0.1, 0.15) is 27.6 Å². The van der Waals surface area contributed by atoms with E-state index < -0.39 is 11.6 Å². The molecule has 1 aromatic rings. The van der Waals surface area contributed by atoms with Crippen molar-refractivity contribution in [3.8, 4) is 5.75 Å². The van der Waals surface area contributed by atoms with Gasteiger partial charge in [0.25, 0.3) is 0 Å². The van der Waals surface area contributed by atoms with Gasteiger partial charge in [-0.05, 0) is 19.1 Å². The molecular weight excluding hydrogens is 216 g/mol. The summed E-state index contributed by atoms with van der Waals surface area (Å²) >= 11 is 5.72. The van der Waals surface area contributed by atoms with Gasteiger partial charge in [0.2, 0.25) is 5.78 Å². The number of hydrogen-bond donors (Lipinski definition) is 1. The van der Waals surface area contributed by atoms with Gasteiger partial charge in [-0.1, -0.05) is 17.7 Å². The van der Waals surface area contributed by atoms with Crippen LogP contribution in [0.4, 0.5) is 0 Å². The maximum absolute atomic E-state index is 11.7. The molecule has 0 unspecified atom stereocenters. The van der Waals surface area contributed by atoms with Gasteiger partial charge < -0.3 is 5.11 Å². The van der Waals surface area contributed by atoms with Gasteiger partial charge in [-0.3, -0.25) is 9.59 Å². The lowest BCUT2D eigenvalue weighted by atomic mass is 9.89. The van der Waals surface area contributed by atoms with Crippen molar-refractivity contribution in [1.29, 1.82) is 0 Å². The van der Waals surface area contributed by atoms with Crippen LogP contribution in [-0.2, 0) is 0 Å². The van der Waals surface area contributed by atoms with Crippen LogP contribution in [0.3, 0.4) is 0 Å². The van der Waals surface area contributed by atoms with Crippen molar-refractivity contribution in [1.82, 2.24) is 0 Å². The zero-order valence-corrected chi connectivity index (χ0v) is 8.63. The Hall–Kier alpha value is -1.61. The van der Waals surface area contributed by atoms with E-state index in [1.165, 1.54) is 25.1 Å². The van der Waals surface area contributed by atoms with E-state index in [0.29, 0.717) is 0 Å². The van der Waals surface area contributed by atoms with Gasteiger partial charge in [-0.2, -0.15) is 0 Å². The Morgan fingerprint density at radius 3 is 2.53 bits per heavy atom. The van der Waals surface area contributed by atoms with Crippen molar-refractivity contribution in [2.75, 3.05) is 0 Å². The average Bonchev–Trinajstić information content (AvgIpc) is 2.23. The van der Waals surface area contributed by atoms with E-state index in [-0.39, 0.29) is 27.5 Å². The predicted octanol–water partition coefficient (Wildman–Crippen LogP) is 2.28. The number of phenols is 1. The summed E-state index contributed by atoms with van der Waals surface area (Å²) in [6.45, 7) is 1.47. The minimum atomic E-state index is -0.417. The molecule has 0 radical (unpaired) electrons. The second-order valence-corrected chi connectivity index (χ2v) is 3.67. The van der Waals surface area contributed by atoms with E-state index in [1.807, 2.05) is 0 Å². The van der Waals surface area contributed by atoms with E-state index in [0.717, 1.165) is 0 Å². The van der Waals surface area contributed by atoms with E-state index in [4.69, 9.17) is 11.6 Å². The standard InChI is InChI=1S/C11H7ClO3/c1-5-9(12)11(15)6-3-2-4-7(13)8(6)10(5)14/h2-4,13H,1H3. The maximum atomic E-state index is 11.7. The fraction of sp³-hybridized carbons (Fsp3) is 0.0909. The van der Waals surface area contributed by atoms with Crippen molar-refractivity contribution < 1.29 is 14.7 Å². The molecule has 4 heteroatoms. The predicted molar refractivity (Wildman–Crippen MR) is 55.3 cm³/mol. The van der Waals surface area contributed by atoms with Crippen LogP contribution in [0.2, 0.25) is 0 Å². The SMILES string of the molecule is CC1=C(Cl)C(=O)c2cccc(O)c2C1=O. The summed E-state index contributed by atoms with van der Waals surface area (Å²) in [5, 5.41) is 9.44. The van der Waals surface area contributed by atoms with Crippen LogP contribution in [-0.4, -0.2) is 16.7 Å². The van der Waals surface area contributed by atoms with Crippen molar-refractivity contribution in [3.05, 3.63) is 39.9 Å². The Kier molecular flexibility index (Phi) is 2.12. The lowest BCUT2D eigenvalue weighted by molar-refractivity contribution is 0.0978. The number of hydrogen-bond acceptors (Lipinski definition) is 3. The molecule has 0 amide bonds. The molecule has 0 fully saturated rings. The molecule has 15 heavy (non-hydrogen) atoms. The topological polar surface area (TPSA) is 54.4 Å². The van der Waals surface area contributed by atoms with E-state index in [2.05, 4.69) is 0 Å². The molecule has 0 saturated heterocycles. The van der Waals surface area contributed by atoms with E-state index in [9.17, 15) is 14.7 Å². The molecule has 76 valence electrons. The van der Waals surface area contributed by atoms with E-state index in [1.54, 1.807) is 0 Å². The van der Waals surface area contributed by atoms with Crippen molar-refractivity contribution in [2.24, 2.45) is 0 Å². The Morgan fingerprint density at radius 2 is 1.87 bits per heavy atom. The first-order valence-electron chi connectivity index (χ1n) is 4.31. The first kappa shape index (κ1) is 9.93. The number of phenolic OH excluding ortho intramolecular Hbond substituents is 1. The normalized spacial score (nSPS) is 15.6. The Balaban J connectivity index is 2.79. The maximum Gasteiger partial charge on any atom is 0.205 e. The fourth-order valence-corrected chi connectivity index (χ4v) is 1.73. The molecule has 0 aliphatic heterocycles. The lowest BCUT2D eigenvalue weighted by Crippen LogP contribution is -2.18. The number of Topliss-reactive ketones (excluding diaryl/α,β-unsaturated/α-hetero) is 2. The molecule has 0 aromatic heterocycles. The Bertz CT molecular complexity index is 515. The minimum Gasteiger partial charge on any atom is -0.507 e. The third kappa shape index (κ3) is 1.27. The van der Waals surface area contributed by atoms with Gasteiger partial charge in [-0.15, -0.1) is 0 Å². The summed E-state index contributed by atoms with van der Waals surface area (Å²) in [7, 11) is 0. The molecule has 2 rings (SSSR count). The highest BCUT2D eigenvalue weighted by Crippen LogP contribution is 2.32. The number of aromatic hydroxyl groups is 1. The largest absolute Gasteiger partial charge is 0.507 e. The van der Waals surface area contributed by atoms with E-state index >= 15 is 0 Å². The van der Waals surface area contributed by atoms with Crippen molar-refractivity contribution in [2.45, 2.75) is 6.92 Å². The summed E-state index contributed by atoms with van der Waals surface area (Å²) in [6.07, 6.45) is 0. The number of fused-ring (bicyclic) bond motifs is 1. The highest BCUT2D eigenvalue weighted by atomic mass is 35.5. The van der Waals surface area contributed by atoms with Gasteiger partial charge in [0, 0.05) is 11.1 Å². The summed E-state index contributed by atoms with van der Waals surface area (Å²) in [5.41, 5.74) is 0.385. The molecule has 0 bridgehead atoms. The number of carbonyl (C=O) groups excluding carboxylic acids is 2.